The summed E-state index contributed by atoms with van der Waals surface area (Å²) in [5, 5.41) is 8.67. The molecule has 0 aliphatic heterocycles. The molecule has 0 saturated carbocycles. The standard InChI is InChI=1S/C15H20N2O3/c1-4-5-11(2)17(3)15(20)13-8-9-16-10-12(13)6-7-14(18)19/h6-11H,4-5H2,1-3H3,(H,18,19). The van der Waals surface area contributed by atoms with Crippen LogP contribution in [0, 0.1) is 0 Å². The van der Waals surface area contributed by atoms with Gasteiger partial charge in [0.2, 0.25) is 0 Å². The summed E-state index contributed by atoms with van der Waals surface area (Å²) in [7, 11) is 1.76. The maximum absolute atomic E-state index is 12.4. The fraction of sp³-hybridized carbons (Fsp3) is 0.400. The summed E-state index contributed by atoms with van der Waals surface area (Å²) in [5.74, 6) is -1.18. The summed E-state index contributed by atoms with van der Waals surface area (Å²) in [6.07, 6.45) is 7.34. The van der Waals surface area contributed by atoms with Crippen LogP contribution in [0.2, 0.25) is 0 Å². The lowest BCUT2D eigenvalue weighted by Gasteiger charge is -2.25. The van der Waals surface area contributed by atoms with Crippen LogP contribution in [0.1, 0.15) is 42.6 Å². The third-order valence-corrected chi connectivity index (χ3v) is 3.18. The highest BCUT2D eigenvalue weighted by Gasteiger charge is 2.18. The lowest BCUT2D eigenvalue weighted by molar-refractivity contribution is -0.131. The van der Waals surface area contributed by atoms with Gasteiger partial charge in [-0.05, 0) is 25.5 Å². The number of carboxylic acids is 1. The second kappa shape index (κ2) is 7.43. The summed E-state index contributed by atoms with van der Waals surface area (Å²) >= 11 is 0. The molecule has 5 nitrogen and oxygen atoms in total. The van der Waals surface area contributed by atoms with Crippen LogP contribution in [0.3, 0.4) is 0 Å². The number of nitrogens with zero attached hydrogens (tertiary/aromatic N) is 2. The van der Waals surface area contributed by atoms with Gasteiger partial charge in [0.05, 0.1) is 0 Å². The number of carbonyl (C=O) groups excluding carboxylic acids is 1. The Bertz CT molecular complexity index is 512. The maximum Gasteiger partial charge on any atom is 0.328 e. The van der Waals surface area contributed by atoms with Gasteiger partial charge in [-0.1, -0.05) is 13.3 Å². The van der Waals surface area contributed by atoms with Crippen molar-refractivity contribution in [3.05, 3.63) is 35.7 Å². The Hall–Kier alpha value is -2.17. The molecule has 0 aromatic carbocycles. The summed E-state index contributed by atoms with van der Waals surface area (Å²) in [5.41, 5.74) is 0.971. The van der Waals surface area contributed by atoms with Crippen LogP contribution in [0.4, 0.5) is 0 Å². The van der Waals surface area contributed by atoms with E-state index < -0.39 is 5.97 Å². The Labute approximate surface area is 118 Å². The van der Waals surface area contributed by atoms with Gasteiger partial charge in [-0.25, -0.2) is 4.79 Å². The molecule has 5 heteroatoms. The lowest BCUT2D eigenvalue weighted by Crippen LogP contribution is -2.35. The Morgan fingerprint density at radius 3 is 2.80 bits per heavy atom. The number of rotatable bonds is 6. The summed E-state index contributed by atoms with van der Waals surface area (Å²) < 4.78 is 0. The van der Waals surface area contributed by atoms with E-state index in [-0.39, 0.29) is 11.9 Å². The molecule has 0 saturated heterocycles. The van der Waals surface area contributed by atoms with Gasteiger partial charge in [-0.3, -0.25) is 9.78 Å². The van der Waals surface area contributed by atoms with E-state index in [1.165, 1.54) is 18.5 Å². The van der Waals surface area contributed by atoms with Crippen molar-refractivity contribution in [2.45, 2.75) is 32.7 Å². The molecular formula is C15H20N2O3. The van der Waals surface area contributed by atoms with E-state index in [0.29, 0.717) is 11.1 Å². The third kappa shape index (κ3) is 4.19. The quantitative estimate of drug-likeness (QED) is 0.810. The highest BCUT2D eigenvalue weighted by atomic mass is 16.4. The van der Waals surface area contributed by atoms with Crippen molar-refractivity contribution in [3.8, 4) is 0 Å². The molecule has 0 radical (unpaired) electrons. The molecule has 0 spiro atoms. The molecule has 0 aliphatic carbocycles. The highest BCUT2D eigenvalue weighted by Crippen LogP contribution is 2.14. The van der Waals surface area contributed by atoms with Gasteiger partial charge in [0.15, 0.2) is 0 Å². The zero-order valence-corrected chi connectivity index (χ0v) is 12.0. The molecule has 0 aliphatic rings. The van der Waals surface area contributed by atoms with E-state index in [1.807, 2.05) is 6.92 Å². The van der Waals surface area contributed by atoms with Crippen molar-refractivity contribution < 1.29 is 14.7 Å². The Kier molecular flexibility index (Phi) is 5.90. The number of hydrogen-bond acceptors (Lipinski definition) is 3. The zero-order valence-electron chi connectivity index (χ0n) is 12.0. The van der Waals surface area contributed by atoms with E-state index in [0.717, 1.165) is 18.9 Å². The van der Waals surface area contributed by atoms with Gasteiger partial charge in [0, 0.05) is 42.7 Å². The predicted molar refractivity (Wildman–Crippen MR) is 77.4 cm³/mol. The van der Waals surface area contributed by atoms with Gasteiger partial charge in [-0.2, -0.15) is 0 Å². The minimum absolute atomic E-state index is 0.126. The topological polar surface area (TPSA) is 70.5 Å². The molecule has 1 rings (SSSR count). The molecule has 1 heterocycles. The lowest BCUT2D eigenvalue weighted by atomic mass is 10.1. The minimum Gasteiger partial charge on any atom is -0.478 e. The first kappa shape index (κ1) is 15.9. The fourth-order valence-corrected chi connectivity index (χ4v) is 1.90. The molecule has 0 bridgehead atoms. The van der Waals surface area contributed by atoms with E-state index in [2.05, 4.69) is 11.9 Å². The summed E-state index contributed by atoms with van der Waals surface area (Å²) in [6.45, 7) is 4.07. The van der Waals surface area contributed by atoms with E-state index in [4.69, 9.17) is 5.11 Å². The van der Waals surface area contributed by atoms with Gasteiger partial charge in [-0.15, -0.1) is 0 Å². The summed E-state index contributed by atoms with van der Waals surface area (Å²) in [6, 6.07) is 1.75. The van der Waals surface area contributed by atoms with Gasteiger partial charge >= 0.3 is 5.97 Å². The molecule has 1 aromatic rings. The van der Waals surface area contributed by atoms with Crippen LogP contribution in [0.15, 0.2) is 24.5 Å². The first-order valence-corrected chi connectivity index (χ1v) is 6.59. The molecule has 1 N–H and O–H groups in total. The molecule has 20 heavy (non-hydrogen) atoms. The molecule has 1 amide bonds. The number of aromatic nitrogens is 1. The van der Waals surface area contributed by atoms with Crippen molar-refractivity contribution in [2.24, 2.45) is 0 Å². The Morgan fingerprint density at radius 1 is 1.50 bits per heavy atom. The number of carboxylic acid groups (broad SMARTS) is 1. The van der Waals surface area contributed by atoms with E-state index >= 15 is 0 Å². The van der Waals surface area contributed by atoms with Gasteiger partial charge in [0.1, 0.15) is 0 Å². The molecule has 108 valence electrons. The van der Waals surface area contributed by atoms with Crippen LogP contribution >= 0.6 is 0 Å². The largest absolute Gasteiger partial charge is 0.478 e. The Balaban J connectivity index is 3.01. The molecule has 1 atom stereocenters. The fourth-order valence-electron chi connectivity index (χ4n) is 1.90. The minimum atomic E-state index is -1.06. The second-order valence-electron chi connectivity index (χ2n) is 4.69. The average molecular weight is 276 g/mol. The highest BCUT2D eigenvalue weighted by molar-refractivity contribution is 5.98. The third-order valence-electron chi connectivity index (χ3n) is 3.18. The first-order valence-electron chi connectivity index (χ1n) is 6.59. The SMILES string of the molecule is CCCC(C)N(C)C(=O)c1ccncc1C=CC(=O)O. The van der Waals surface area contributed by atoms with Crippen molar-refractivity contribution in [1.29, 1.82) is 0 Å². The second-order valence-corrected chi connectivity index (χ2v) is 4.69. The number of amides is 1. The van der Waals surface area contributed by atoms with Crippen molar-refractivity contribution in [1.82, 2.24) is 9.88 Å². The molecule has 1 aromatic heterocycles. The van der Waals surface area contributed by atoms with Gasteiger partial charge in [0.25, 0.3) is 5.91 Å². The van der Waals surface area contributed by atoms with E-state index in [9.17, 15) is 9.59 Å². The normalized spacial score (nSPS) is 12.3. The van der Waals surface area contributed by atoms with Crippen molar-refractivity contribution in [2.75, 3.05) is 7.05 Å². The number of hydrogen-bond donors (Lipinski definition) is 1. The number of pyridine rings is 1. The molecule has 0 fully saturated rings. The van der Waals surface area contributed by atoms with Crippen LogP contribution in [0.5, 0.6) is 0 Å². The van der Waals surface area contributed by atoms with Crippen LogP contribution in [0.25, 0.3) is 6.08 Å². The van der Waals surface area contributed by atoms with Crippen LogP contribution in [-0.4, -0.2) is 40.0 Å². The number of carbonyl (C=O) groups is 2. The van der Waals surface area contributed by atoms with Crippen molar-refractivity contribution >= 4 is 18.0 Å². The smallest absolute Gasteiger partial charge is 0.328 e. The first-order chi connectivity index (χ1) is 9.47. The van der Waals surface area contributed by atoms with Crippen LogP contribution in [-0.2, 0) is 4.79 Å². The summed E-state index contributed by atoms with van der Waals surface area (Å²) in [4.78, 5) is 28.6. The predicted octanol–water partition coefficient (Wildman–Crippen LogP) is 2.44. The monoisotopic (exact) mass is 276 g/mol. The molecule has 1 unspecified atom stereocenters. The Morgan fingerprint density at radius 2 is 2.20 bits per heavy atom. The average Bonchev–Trinajstić information content (AvgIpc) is 2.44. The van der Waals surface area contributed by atoms with E-state index in [1.54, 1.807) is 18.0 Å². The van der Waals surface area contributed by atoms with Gasteiger partial charge < -0.3 is 10.0 Å². The van der Waals surface area contributed by atoms with Crippen LogP contribution < -0.4 is 0 Å². The number of aliphatic carboxylic acids is 1. The van der Waals surface area contributed by atoms with Crippen molar-refractivity contribution in [3.63, 3.8) is 0 Å². The molecular weight excluding hydrogens is 256 g/mol. The zero-order chi connectivity index (χ0) is 15.1. The maximum atomic E-state index is 12.4.